The molecule has 2 N–H and O–H groups in total. The van der Waals surface area contributed by atoms with Gasteiger partial charge in [-0.2, -0.15) is 5.10 Å². The molecular formula is C23H26N6O2. The van der Waals surface area contributed by atoms with E-state index in [0.29, 0.717) is 28.5 Å². The van der Waals surface area contributed by atoms with E-state index < -0.39 is 0 Å². The number of urea groups is 1. The van der Waals surface area contributed by atoms with Crippen LogP contribution in [0.25, 0.3) is 5.82 Å². The molecule has 8 nitrogen and oxygen atoms in total. The lowest BCUT2D eigenvalue weighted by Gasteiger charge is -2.20. The minimum atomic E-state index is -0.249. The van der Waals surface area contributed by atoms with Gasteiger partial charge < -0.3 is 15.5 Å². The number of rotatable bonds is 4. The van der Waals surface area contributed by atoms with Gasteiger partial charge in [0.2, 0.25) is 0 Å². The molecule has 0 saturated carbocycles. The van der Waals surface area contributed by atoms with Crippen LogP contribution in [0.5, 0.6) is 0 Å². The molecule has 31 heavy (non-hydrogen) atoms. The molecule has 2 aromatic heterocycles. The Morgan fingerprint density at radius 2 is 1.58 bits per heavy atom. The van der Waals surface area contributed by atoms with E-state index >= 15 is 0 Å². The quantitative estimate of drug-likeness (QED) is 0.663. The zero-order chi connectivity index (χ0) is 21.6. The van der Waals surface area contributed by atoms with Crippen LogP contribution < -0.4 is 10.6 Å². The highest BCUT2D eigenvalue weighted by molar-refractivity contribution is 6.05. The Hall–Kier alpha value is -3.68. The third-order valence-electron chi connectivity index (χ3n) is 5.41. The molecule has 1 aromatic carbocycles. The average molecular weight is 419 g/mol. The minimum Gasteiger partial charge on any atom is -0.325 e. The second kappa shape index (κ2) is 9.42. The highest BCUT2D eigenvalue weighted by atomic mass is 16.2. The summed E-state index contributed by atoms with van der Waals surface area (Å²) >= 11 is 0. The number of hydrogen-bond acceptors (Lipinski definition) is 4. The lowest BCUT2D eigenvalue weighted by molar-refractivity contribution is 0.102. The molecule has 0 spiro atoms. The average Bonchev–Trinajstić information content (AvgIpc) is 2.99. The summed E-state index contributed by atoms with van der Waals surface area (Å²) < 4.78 is 1.64. The van der Waals surface area contributed by atoms with Crippen LogP contribution in [-0.4, -0.2) is 44.7 Å². The number of likely N-dealkylation sites (tertiary alicyclic amines) is 1. The Morgan fingerprint density at radius 3 is 2.23 bits per heavy atom. The van der Waals surface area contributed by atoms with E-state index in [-0.39, 0.29) is 11.9 Å². The Labute approximate surface area is 181 Å². The molecule has 160 valence electrons. The number of hydrogen-bond donors (Lipinski definition) is 2. The Morgan fingerprint density at radius 1 is 0.903 bits per heavy atom. The molecule has 3 heterocycles. The molecule has 8 heteroatoms. The van der Waals surface area contributed by atoms with Crippen molar-refractivity contribution in [3.05, 3.63) is 66.1 Å². The zero-order valence-corrected chi connectivity index (χ0v) is 17.5. The highest BCUT2D eigenvalue weighted by Gasteiger charge is 2.17. The first-order chi connectivity index (χ1) is 15.1. The summed E-state index contributed by atoms with van der Waals surface area (Å²) in [6, 6.07) is 12.6. The van der Waals surface area contributed by atoms with Crippen molar-refractivity contribution in [2.75, 3.05) is 23.7 Å². The largest absolute Gasteiger partial charge is 0.325 e. The van der Waals surface area contributed by atoms with Crippen LogP contribution >= 0.6 is 0 Å². The lowest BCUT2D eigenvalue weighted by Crippen LogP contribution is -2.35. The molecule has 3 aromatic rings. The van der Waals surface area contributed by atoms with Gasteiger partial charge in [0.25, 0.3) is 5.91 Å². The van der Waals surface area contributed by atoms with Gasteiger partial charge in [-0.05, 0) is 56.2 Å². The topological polar surface area (TPSA) is 92.2 Å². The fraction of sp³-hybridized carbons (Fsp3) is 0.304. The predicted molar refractivity (Wildman–Crippen MR) is 120 cm³/mol. The molecule has 0 aliphatic carbocycles. The molecule has 0 unspecified atom stereocenters. The van der Waals surface area contributed by atoms with Crippen molar-refractivity contribution in [3.8, 4) is 5.82 Å². The number of carbonyl (C=O) groups excluding carboxylic acids is 2. The third-order valence-corrected chi connectivity index (χ3v) is 5.41. The maximum absolute atomic E-state index is 12.7. The summed E-state index contributed by atoms with van der Waals surface area (Å²) in [5.41, 5.74) is 2.52. The summed E-state index contributed by atoms with van der Waals surface area (Å²) in [4.78, 5) is 31.3. The molecule has 3 amide bonds. The fourth-order valence-electron chi connectivity index (χ4n) is 3.65. The fourth-order valence-corrected chi connectivity index (χ4v) is 3.65. The van der Waals surface area contributed by atoms with Gasteiger partial charge in [-0.25, -0.2) is 14.5 Å². The number of pyridine rings is 1. The van der Waals surface area contributed by atoms with E-state index in [4.69, 9.17) is 0 Å². The van der Waals surface area contributed by atoms with Gasteiger partial charge in [-0.15, -0.1) is 0 Å². The second-order valence-electron chi connectivity index (χ2n) is 7.61. The summed E-state index contributed by atoms with van der Waals surface area (Å²) in [5.74, 6) is 0.407. The van der Waals surface area contributed by atoms with E-state index in [9.17, 15) is 9.59 Å². The number of benzene rings is 1. The highest BCUT2D eigenvalue weighted by Crippen LogP contribution is 2.18. The standard InChI is InChI=1S/C23H26N6O2/c1-17-20(16-25-29(17)21-8-4-5-13-24-21)22(30)26-18-9-11-19(12-10-18)27-23(31)28-14-6-2-3-7-15-28/h4-5,8-13,16H,2-3,6-7,14-15H2,1H3,(H,26,30)(H,27,31). The van der Waals surface area contributed by atoms with Gasteiger partial charge in [0.05, 0.1) is 17.5 Å². The first kappa shape index (κ1) is 20.6. The van der Waals surface area contributed by atoms with Crippen LogP contribution in [-0.2, 0) is 0 Å². The predicted octanol–water partition coefficient (Wildman–Crippen LogP) is 4.24. The van der Waals surface area contributed by atoms with E-state index in [1.165, 1.54) is 19.0 Å². The summed E-state index contributed by atoms with van der Waals surface area (Å²) in [6.45, 7) is 3.43. The number of nitrogens with one attached hydrogen (secondary N) is 2. The summed E-state index contributed by atoms with van der Waals surface area (Å²) in [6.07, 6.45) is 7.68. The number of nitrogens with zero attached hydrogens (tertiary/aromatic N) is 4. The van der Waals surface area contributed by atoms with Crippen molar-refractivity contribution >= 4 is 23.3 Å². The number of amides is 3. The van der Waals surface area contributed by atoms with Crippen LogP contribution in [0.3, 0.4) is 0 Å². The van der Waals surface area contributed by atoms with Gasteiger partial charge in [0.1, 0.15) is 0 Å². The minimum absolute atomic E-state index is 0.0729. The van der Waals surface area contributed by atoms with E-state index in [1.54, 1.807) is 35.1 Å². The molecule has 0 bridgehead atoms. The van der Waals surface area contributed by atoms with Crippen molar-refractivity contribution in [2.24, 2.45) is 0 Å². The molecule has 4 rings (SSSR count). The van der Waals surface area contributed by atoms with Gasteiger partial charge in [0.15, 0.2) is 5.82 Å². The molecule has 1 aliphatic rings. The van der Waals surface area contributed by atoms with Crippen LogP contribution in [0, 0.1) is 6.92 Å². The number of aromatic nitrogens is 3. The van der Waals surface area contributed by atoms with Gasteiger partial charge in [-0.3, -0.25) is 4.79 Å². The molecular weight excluding hydrogens is 392 g/mol. The Kier molecular flexibility index (Phi) is 6.26. The molecule has 1 saturated heterocycles. The molecule has 1 fully saturated rings. The van der Waals surface area contributed by atoms with Crippen molar-refractivity contribution in [3.63, 3.8) is 0 Å². The van der Waals surface area contributed by atoms with Gasteiger partial charge >= 0.3 is 6.03 Å². The normalized spacial score (nSPS) is 14.0. The van der Waals surface area contributed by atoms with Crippen molar-refractivity contribution in [1.82, 2.24) is 19.7 Å². The molecule has 1 aliphatic heterocycles. The van der Waals surface area contributed by atoms with Crippen LogP contribution in [0.1, 0.15) is 41.7 Å². The SMILES string of the molecule is Cc1c(C(=O)Nc2ccc(NC(=O)N3CCCCCC3)cc2)cnn1-c1ccccn1. The molecule has 0 atom stereocenters. The van der Waals surface area contributed by atoms with Gasteiger partial charge in [-0.1, -0.05) is 18.9 Å². The van der Waals surface area contributed by atoms with E-state index in [0.717, 1.165) is 25.9 Å². The maximum atomic E-state index is 12.7. The molecule has 0 radical (unpaired) electrons. The third kappa shape index (κ3) is 4.91. The van der Waals surface area contributed by atoms with Crippen molar-refractivity contribution in [2.45, 2.75) is 32.6 Å². The lowest BCUT2D eigenvalue weighted by atomic mass is 10.2. The monoisotopic (exact) mass is 418 g/mol. The smallest absolute Gasteiger partial charge is 0.321 e. The van der Waals surface area contributed by atoms with Crippen LogP contribution in [0.2, 0.25) is 0 Å². The zero-order valence-electron chi connectivity index (χ0n) is 17.5. The first-order valence-electron chi connectivity index (χ1n) is 10.6. The number of carbonyl (C=O) groups is 2. The second-order valence-corrected chi connectivity index (χ2v) is 7.61. The Bertz CT molecular complexity index is 1040. The Balaban J connectivity index is 1.38. The summed E-state index contributed by atoms with van der Waals surface area (Å²) in [5, 5.41) is 10.1. The van der Waals surface area contributed by atoms with E-state index in [1.807, 2.05) is 30.0 Å². The van der Waals surface area contributed by atoms with E-state index in [2.05, 4.69) is 20.7 Å². The van der Waals surface area contributed by atoms with Crippen LogP contribution in [0.4, 0.5) is 16.2 Å². The van der Waals surface area contributed by atoms with Crippen molar-refractivity contribution < 1.29 is 9.59 Å². The van der Waals surface area contributed by atoms with Crippen LogP contribution in [0.15, 0.2) is 54.9 Å². The summed E-state index contributed by atoms with van der Waals surface area (Å²) in [7, 11) is 0. The number of anilines is 2. The first-order valence-corrected chi connectivity index (χ1v) is 10.6. The maximum Gasteiger partial charge on any atom is 0.321 e. The van der Waals surface area contributed by atoms with Crippen molar-refractivity contribution in [1.29, 1.82) is 0 Å². The van der Waals surface area contributed by atoms with Gasteiger partial charge in [0, 0.05) is 30.7 Å².